The van der Waals surface area contributed by atoms with Crippen LogP contribution in [0.15, 0.2) is 79.8 Å². The molecule has 1 fully saturated rings. The molecule has 12 atom stereocenters. The molecule has 1 saturated heterocycles. The molecule has 6 rings (SSSR count). The number of likely N-dealkylation sites (tertiary alicyclic amines) is 1. The van der Waals surface area contributed by atoms with Crippen molar-refractivity contribution in [2.24, 2.45) is 34.8 Å². The number of aromatic hydroxyl groups is 1. The van der Waals surface area contributed by atoms with Crippen LogP contribution in [0, 0.1) is 17.2 Å². The number of phenolic OH excluding ortho intramolecular Hbond substituents is 1. The fraction of sp³-hybridized carbons (Fsp3) is 0.520. The zero-order valence-electron chi connectivity index (χ0n) is 66.4. The molecule has 0 saturated carbocycles. The molecule has 5 aromatic rings. The minimum absolute atomic E-state index is 0.0307. The molecule has 117 heavy (non-hydrogen) atoms. The summed E-state index contributed by atoms with van der Waals surface area (Å²) < 4.78 is 0. The maximum absolute atomic E-state index is 14.8. The zero-order chi connectivity index (χ0) is 86.0. The second-order valence-corrected chi connectivity index (χ2v) is 31.0. The van der Waals surface area contributed by atoms with Gasteiger partial charge in [-0.1, -0.05) is 58.0 Å². The van der Waals surface area contributed by atoms with Gasteiger partial charge in [-0.3, -0.25) is 77.3 Å². The summed E-state index contributed by atoms with van der Waals surface area (Å²) in [6, 6.07) is -2.98. The fourth-order valence-corrected chi connectivity index (χ4v) is 13.6. The molecule has 40 nitrogen and oxygen atoms in total. The lowest BCUT2D eigenvalue weighted by Crippen LogP contribution is -2.60. The Morgan fingerprint density at radius 1 is 0.564 bits per heavy atom. The van der Waals surface area contributed by atoms with Gasteiger partial charge in [0.05, 0.1) is 38.2 Å². The summed E-state index contributed by atoms with van der Waals surface area (Å²) in [5.41, 5.74) is 25.3. The number of aromatic nitrogens is 5. The van der Waals surface area contributed by atoms with Crippen LogP contribution in [0.3, 0.4) is 0 Å². The normalized spacial score (nSPS) is 15.3. The van der Waals surface area contributed by atoms with E-state index in [1.165, 1.54) is 72.5 Å². The van der Waals surface area contributed by atoms with Crippen molar-refractivity contribution < 1.29 is 77.0 Å². The van der Waals surface area contributed by atoms with Crippen molar-refractivity contribution in [1.82, 2.24) is 98.9 Å². The highest BCUT2D eigenvalue weighted by Gasteiger charge is 2.41. The number of benzene rings is 2. The van der Waals surface area contributed by atoms with Crippen molar-refractivity contribution in [3.05, 3.63) is 102 Å². The van der Waals surface area contributed by atoms with E-state index in [2.05, 4.69) is 94.0 Å². The van der Waals surface area contributed by atoms with Gasteiger partial charge in [-0.25, -0.2) is 9.97 Å². The molecule has 638 valence electrons. The van der Waals surface area contributed by atoms with E-state index in [0.29, 0.717) is 52.1 Å². The number of phenols is 1. The van der Waals surface area contributed by atoms with Crippen LogP contribution >= 0.6 is 23.5 Å². The van der Waals surface area contributed by atoms with Crippen LogP contribution in [0.4, 0.5) is 0 Å². The van der Waals surface area contributed by atoms with Crippen LogP contribution in [0.2, 0.25) is 0 Å². The number of aromatic amines is 3. The van der Waals surface area contributed by atoms with Crippen molar-refractivity contribution in [2.45, 2.75) is 184 Å². The maximum Gasteiger partial charge on any atom is 0.246 e. The number of guanidine groups is 1. The molecule has 1 aliphatic heterocycles. The molecular weight excluding hydrogens is 1560 g/mol. The second kappa shape index (κ2) is 47.3. The number of fused-ring (bicyclic) bond motifs is 1. The van der Waals surface area contributed by atoms with E-state index < -0.39 is 187 Å². The maximum atomic E-state index is 14.8. The van der Waals surface area contributed by atoms with Crippen molar-refractivity contribution in [3.8, 4) is 5.75 Å². The summed E-state index contributed by atoms with van der Waals surface area (Å²) in [6.07, 6.45) is 10.3. The molecule has 1 aliphatic rings. The number of hydrogen-bond donors (Lipinski definition) is 22. The van der Waals surface area contributed by atoms with Gasteiger partial charge in [0.1, 0.15) is 72.2 Å². The number of carbonyl (C=O) groups is 15. The topological polar surface area (TPSA) is 637 Å². The molecule has 12 unspecified atom stereocenters. The van der Waals surface area contributed by atoms with E-state index in [9.17, 15) is 77.0 Å². The molecule has 15 amide bonds. The summed E-state index contributed by atoms with van der Waals surface area (Å²) in [5, 5.41) is 51.8. The first-order valence-corrected chi connectivity index (χ1v) is 41.0. The summed E-state index contributed by atoms with van der Waals surface area (Å²) in [7, 11) is 0. The summed E-state index contributed by atoms with van der Waals surface area (Å²) >= 11 is 2.93. The van der Waals surface area contributed by atoms with Crippen LogP contribution in [-0.2, 0) is 97.6 Å². The zero-order valence-corrected chi connectivity index (χ0v) is 68.0. The Morgan fingerprint density at radius 2 is 1.11 bits per heavy atom. The molecule has 42 heteroatoms. The van der Waals surface area contributed by atoms with Gasteiger partial charge in [0.2, 0.25) is 88.6 Å². The quantitative estimate of drug-likeness (QED) is 0.00998. The predicted octanol–water partition coefficient (Wildman–Crippen LogP) is -4.16. The summed E-state index contributed by atoms with van der Waals surface area (Å²) in [6.45, 7) is 6.72. The molecule has 26 N–H and O–H groups in total. The number of para-hydroxylation sites is 1. The van der Waals surface area contributed by atoms with Crippen molar-refractivity contribution in [3.63, 3.8) is 0 Å². The van der Waals surface area contributed by atoms with Gasteiger partial charge in [-0.05, 0) is 117 Å². The van der Waals surface area contributed by atoms with Gasteiger partial charge in [0, 0.05) is 79.7 Å². The predicted molar refractivity (Wildman–Crippen MR) is 435 cm³/mol. The highest BCUT2D eigenvalue weighted by Crippen LogP contribution is 2.23. The highest BCUT2D eigenvalue weighted by atomic mass is 32.2. The largest absolute Gasteiger partial charge is 0.508 e. The Kier molecular flexibility index (Phi) is 38.0. The lowest BCUT2D eigenvalue weighted by atomic mass is 10.0. The third-order valence-electron chi connectivity index (χ3n) is 18.9. The molecule has 4 heterocycles. The number of H-pyrrole nitrogens is 3. The number of carbonyl (C=O) groups excluding carboxylic acids is 15. The van der Waals surface area contributed by atoms with Crippen LogP contribution < -0.4 is 92.1 Å². The minimum atomic E-state index is -1.82. The number of nitrogens with one attached hydrogen (secondary N) is 17. The van der Waals surface area contributed by atoms with Gasteiger partial charge in [-0.15, -0.1) is 0 Å². The molecule has 0 spiro atoms. The van der Waals surface area contributed by atoms with Gasteiger partial charge in [-0.2, -0.15) is 23.5 Å². The third-order valence-corrected chi connectivity index (χ3v) is 20.2. The van der Waals surface area contributed by atoms with Gasteiger partial charge >= 0.3 is 0 Å². The molecule has 2 aromatic carbocycles. The first kappa shape index (κ1) is 94.0. The second-order valence-electron chi connectivity index (χ2n) is 29.0. The number of primary amides is 2. The van der Waals surface area contributed by atoms with E-state index in [0.717, 1.165) is 0 Å². The van der Waals surface area contributed by atoms with Crippen LogP contribution in [0.5, 0.6) is 5.75 Å². The Bertz CT molecular complexity index is 4220. The Hall–Kier alpha value is -11.8. The molecule has 0 aliphatic carbocycles. The number of hydrogen-bond acceptors (Lipinski definition) is 22. The highest BCUT2D eigenvalue weighted by molar-refractivity contribution is 7.98. The minimum Gasteiger partial charge on any atom is -0.508 e. The lowest BCUT2D eigenvalue weighted by molar-refractivity contribution is -0.142. The Labute approximate surface area is 684 Å². The van der Waals surface area contributed by atoms with Gasteiger partial charge in [0.25, 0.3) is 0 Å². The molecule has 3 aromatic heterocycles. The first-order chi connectivity index (χ1) is 55.6. The first-order valence-electron chi connectivity index (χ1n) is 38.2. The van der Waals surface area contributed by atoms with Crippen LogP contribution in [-0.4, -0.2) is 252 Å². The number of rotatable bonds is 49. The van der Waals surface area contributed by atoms with Crippen molar-refractivity contribution in [1.29, 1.82) is 5.41 Å². The van der Waals surface area contributed by atoms with Gasteiger partial charge < -0.3 is 117 Å². The number of thioether (sulfide) groups is 2. The summed E-state index contributed by atoms with van der Waals surface area (Å²) in [4.78, 5) is 227. The molecule has 0 radical (unpaired) electrons. The van der Waals surface area contributed by atoms with Crippen LogP contribution in [0.1, 0.15) is 109 Å². The monoisotopic (exact) mass is 1670 g/mol. The van der Waals surface area contributed by atoms with Crippen molar-refractivity contribution >= 4 is 129 Å². The van der Waals surface area contributed by atoms with E-state index in [1.54, 1.807) is 56.4 Å². The lowest BCUT2D eigenvalue weighted by Gasteiger charge is -2.30. The van der Waals surface area contributed by atoms with Crippen LogP contribution in [0.25, 0.3) is 10.9 Å². The number of amides is 15. The number of imidazole rings is 2. The smallest absolute Gasteiger partial charge is 0.246 e. The van der Waals surface area contributed by atoms with Gasteiger partial charge in [0.15, 0.2) is 5.96 Å². The van der Waals surface area contributed by atoms with E-state index >= 15 is 0 Å². The average Bonchev–Trinajstić information content (AvgIpc) is 1.72. The van der Waals surface area contributed by atoms with E-state index in [4.69, 9.17) is 28.3 Å². The third kappa shape index (κ3) is 31.0. The van der Waals surface area contributed by atoms with E-state index in [1.807, 2.05) is 26.4 Å². The SMILES string of the molecule is CSCCC(N)C(=O)NC(Cc1ccc(O)cc1)C(=O)N1CCCC1C(=O)NC(CCCNC(=N)N)C(=O)NCC(=O)NC(CC(N)=O)C(=O)NC(Cc1cnc[nH]1)C(=O)NC(Cc1c[nH]c2ccccc12)C(=O)NC(C)C(=O)NC(C(=O)NCC(=O)NC(Cc1cnc[nH]1)C(=O)NC(CC(C)C)C(=O)NC(CCSC)C(N)=O)C(C)C. The summed E-state index contributed by atoms with van der Waals surface area (Å²) in [5.74, 6) is -13.0. The number of nitrogens with two attached hydrogens (primary N) is 4. The Balaban J connectivity index is 1.14. The fourth-order valence-electron chi connectivity index (χ4n) is 12.6. The Morgan fingerprint density at radius 3 is 1.69 bits per heavy atom. The van der Waals surface area contributed by atoms with E-state index in [-0.39, 0.29) is 94.2 Å². The number of nitrogens with zero attached hydrogens (tertiary/aromatic N) is 3. The molecular formula is C75H110N24O16S2. The molecule has 0 bridgehead atoms. The van der Waals surface area contributed by atoms with Crippen molar-refractivity contribution in [2.75, 3.05) is 50.2 Å². The standard InChI is InChI=1S/C75H110N24O16S2/c1-39(2)26-52(68(109)92-50(63(78)104)21-25-117-7)94-69(110)54(29-44-33-81-37-87-44)90-61(103)36-86-73(114)62(40(3)4)98-64(105)41(5)89-67(108)53(28-43-32-84-49-13-9-8-12-47(43)49)95-70(111)55(30-45-34-82-38-88-45)96-71(112)56(31-59(77)101)91-60(102)35-85-66(107)51(14-10-22-83-75(79)80)93-72(113)58-15-11-23-99(58)74(115)57(27-42-16-18-46(100)19-17-42)97-65(106)48(76)20-24-116-6/h8-9,12-13,16-19,32-34,37-41,48,50-58,62,84,100H,10-11,14-15,20-31,35-36,76H2,1-7H3,(H2,77,101)(H2,78,104)(H,81,87)(H,82,88)(H,85,107)(H,86,114)(H,89,108)(H,90,103)(H,91,102)(H,92,109)(H,93,113)(H,94,110)(H,95,111)(H,96,112)(H,97,106)(H,98,105)(H4,79,80,83). The average molecular weight is 1670 g/mol.